The molecule has 0 radical (unpaired) electrons. The van der Waals surface area contributed by atoms with Crippen LogP contribution in [0.1, 0.15) is 19.3 Å². The van der Waals surface area contributed by atoms with Gasteiger partial charge in [0.25, 0.3) is 0 Å². The van der Waals surface area contributed by atoms with Gasteiger partial charge in [0, 0.05) is 24.1 Å². The second kappa shape index (κ2) is 7.72. The Balaban J connectivity index is 0.00000113. The van der Waals surface area contributed by atoms with Crippen LogP contribution in [-0.4, -0.2) is 21.7 Å². The first-order chi connectivity index (χ1) is 11.1. The van der Waals surface area contributed by atoms with Crippen LogP contribution < -0.4 is 11.1 Å². The number of carbonyl (C=O) groups excluding carboxylic acids is 1. The van der Waals surface area contributed by atoms with Gasteiger partial charge in [-0.15, -0.1) is 24.8 Å². The van der Waals surface area contributed by atoms with Crippen molar-refractivity contribution in [1.29, 1.82) is 0 Å². The molecule has 25 heavy (non-hydrogen) atoms. The molecule has 0 aliphatic heterocycles. The first-order valence-corrected chi connectivity index (χ1v) is 7.99. The van der Waals surface area contributed by atoms with E-state index in [0.29, 0.717) is 23.2 Å². The topological polar surface area (TPSA) is 72.9 Å². The van der Waals surface area contributed by atoms with Crippen molar-refractivity contribution in [2.45, 2.75) is 25.3 Å². The number of carbonyl (C=O) groups is 1. The molecule has 4 rings (SSSR count). The first kappa shape index (κ1) is 19.7. The van der Waals surface area contributed by atoms with E-state index < -0.39 is 5.82 Å². The number of fused-ring (bicyclic) bond motifs is 2. The highest BCUT2D eigenvalue weighted by Crippen LogP contribution is 2.47. The number of rotatable bonds is 3. The monoisotopic (exact) mass is 386 g/mol. The molecule has 4 unspecified atom stereocenters. The van der Waals surface area contributed by atoms with Gasteiger partial charge >= 0.3 is 0 Å². The smallest absolute Gasteiger partial charge is 0.229 e. The molecule has 136 valence electrons. The van der Waals surface area contributed by atoms with Gasteiger partial charge in [0.1, 0.15) is 5.69 Å². The third-order valence-electron chi connectivity index (χ3n) is 5.25. The predicted octanol–water partition coefficient (Wildman–Crippen LogP) is 3.17. The third-order valence-corrected chi connectivity index (χ3v) is 5.25. The number of amides is 1. The Bertz CT molecular complexity index is 738. The van der Waals surface area contributed by atoms with E-state index in [-0.39, 0.29) is 42.7 Å². The molecule has 8 heteroatoms. The van der Waals surface area contributed by atoms with Crippen LogP contribution in [-0.2, 0) is 4.79 Å². The van der Waals surface area contributed by atoms with Crippen molar-refractivity contribution in [3.63, 3.8) is 0 Å². The average molecular weight is 387 g/mol. The molecule has 2 fully saturated rings. The number of hydrogen-bond acceptors (Lipinski definition) is 3. The van der Waals surface area contributed by atoms with E-state index in [1.54, 1.807) is 30.6 Å². The van der Waals surface area contributed by atoms with Crippen LogP contribution in [0.3, 0.4) is 0 Å². The number of aromatic nitrogens is 2. The van der Waals surface area contributed by atoms with Crippen LogP contribution in [0.25, 0.3) is 5.69 Å². The number of nitrogens with one attached hydrogen (secondary N) is 1. The Morgan fingerprint density at radius 3 is 2.64 bits per heavy atom. The fourth-order valence-corrected chi connectivity index (χ4v) is 4.13. The normalized spacial score (nSPS) is 26.6. The van der Waals surface area contributed by atoms with Gasteiger partial charge in [-0.3, -0.25) is 4.79 Å². The van der Waals surface area contributed by atoms with Gasteiger partial charge in [-0.2, -0.15) is 5.10 Å². The molecule has 0 spiro atoms. The van der Waals surface area contributed by atoms with Crippen LogP contribution in [0, 0.1) is 23.6 Å². The summed E-state index contributed by atoms with van der Waals surface area (Å²) in [5.74, 6) is 0.181. The first-order valence-electron chi connectivity index (χ1n) is 7.99. The highest BCUT2D eigenvalue weighted by molar-refractivity contribution is 5.93. The molecule has 2 aliphatic carbocycles. The summed E-state index contributed by atoms with van der Waals surface area (Å²) in [6.45, 7) is 0. The predicted molar refractivity (Wildman–Crippen MR) is 98.9 cm³/mol. The lowest BCUT2D eigenvalue weighted by atomic mass is 9.84. The lowest BCUT2D eigenvalue weighted by Gasteiger charge is -2.27. The van der Waals surface area contributed by atoms with Crippen LogP contribution >= 0.6 is 24.8 Å². The maximum absolute atomic E-state index is 14.2. The molecule has 4 atom stereocenters. The van der Waals surface area contributed by atoms with Crippen molar-refractivity contribution in [2.24, 2.45) is 23.5 Å². The number of anilines is 1. The van der Waals surface area contributed by atoms with Crippen molar-refractivity contribution in [3.8, 4) is 5.69 Å². The van der Waals surface area contributed by atoms with Crippen LogP contribution in [0.15, 0.2) is 36.7 Å². The Morgan fingerprint density at radius 2 is 2.04 bits per heavy atom. The van der Waals surface area contributed by atoms with Crippen molar-refractivity contribution in [1.82, 2.24) is 9.78 Å². The van der Waals surface area contributed by atoms with Gasteiger partial charge < -0.3 is 11.1 Å². The summed E-state index contributed by atoms with van der Waals surface area (Å²) in [4.78, 5) is 12.5. The minimum absolute atomic E-state index is 0. The molecule has 2 aromatic rings. The second-order valence-electron chi connectivity index (χ2n) is 6.54. The van der Waals surface area contributed by atoms with Crippen molar-refractivity contribution in [2.75, 3.05) is 5.32 Å². The van der Waals surface area contributed by atoms with E-state index in [9.17, 15) is 9.18 Å². The van der Waals surface area contributed by atoms with Gasteiger partial charge in [-0.05, 0) is 55.4 Å². The molecule has 1 heterocycles. The largest absolute Gasteiger partial charge is 0.327 e. The zero-order valence-corrected chi connectivity index (χ0v) is 15.1. The third kappa shape index (κ3) is 3.52. The molecule has 5 nitrogen and oxygen atoms in total. The molecular weight excluding hydrogens is 366 g/mol. The Labute approximate surface area is 158 Å². The number of benzene rings is 1. The van der Waals surface area contributed by atoms with E-state index in [0.717, 1.165) is 19.3 Å². The van der Waals surface area contributed by atoms with E-state index in [2.05, 4.69) is 10.4 Å². The summed E-state index contributed by atoms with van der Waals surface area (Å²) in [5.41, 5.74) is 7.00. The summed E-state index contributed by atoms with van der Waals surface area (Å²) in [5, 5.41) is 6.83. The Morgan fingerprint density at radius 1 is 1.28 bits per heavy atom. The average Bonchev–Trinajstić information content (AvgIpc) is 3.24. The van der Waals surface area contributed by atoms with Gasteiger partial charge in [-0.25, -0.2) is 9.07 Å². The summed E-state index contributed by atoms with van der Waals surface area (Å²) in [7, 11) is 0. The second-order valence-corrected chi connectivity index (χ2v) is 6.54. The molecule has 3 N–H and O–H groups in total. The minimum atomic E-state index is -0.427. The molecule has 1 aromatic carbocycles. The standard InChI is InChI=1S/C17H19FN4O.2ClH/c18-13-9-12(4-5-14(13)22-7-1-6-20-22)21-17(23)15-10-2-3-11(8-10)16(15)19;;/h1,4-7,9-11,15-16H,2-3,8,19H2,(H,21,23);2*1H. The summed E-state index contributed by atoms with van der Waals surface area (Å²) >= 11 is 0. The van der Waals surface area contributed by atoms with Crippen LogP contribution in [0.4, 0.5) is 10.1 Å². The molecule has 1 aromatic heterocycles. The molecule has 2 aliphatic rings. The van der Waals surface area contributed by atoms with Crippen molar-refractivity contribution in [3.05, 3.63) is 42.5 Å². The highest BCUT2D eigenvalue weighted by Gasteiger charge is 2.49. The van der Waals surface area contributed by atoms with E-state index in [1.807, 2.05) is 0 Å². The van der Waals surface area contributed by atoms with Crippen molar-refractivity contribution >= 4 is 36.4 Å². The molecule has 2 saturated carbocycles. The number of hydrogen-bond donors (Lipinski definition) is 2. The lowest BCUT2D eigenvalue weighted by molar-refractivity contribution is -0.121. The fourth-order valence-electron chi connectivity index (χ4n) is 4.13. The molecule has 2 bridgehead atoms. The van der Waals surface area contributed by atoms with Gasteiger partial charge in [0.2, 0.25) is 5.91 Å². The maximum Gasteiger partial charge on any atom is 0.229 e. The zero-order chi connectivity index (χ0) is 16.0. The van der Waals surface area contributed by atoms with Gasteiger partial charge in [-0.1, -0.05) is 0 Å². The van der Waals surface area contributed by atoms with E-state index in [1.165, 1.54) is 10.7 Å². The molecule has 1 amide bonds. The minimum Gasteiger partial charge on any atom is -0.327 e. The SMILES string of the molecule is Cl.Cl.NC1C2CCC(C2)C1C(=O)Nc1ccc(-n2cccn2)c(F)c1. The number of halogens is 3. The van der Waals surface area contributed by atoms with Crippen LogP contribution in [0.5, 0.6) is 0 Å². The quantitative estimate of drug-likeness (QED) is 0.850. The Hall–Kier alpha value is -1.63. The molecular formula is C17H21Cl2FN4O. The Kier molecular flexibility index (Phi) is 6.08. The van der Waals surface area contributed by atoms with Crippen LogP contribution in [0.2, 0.25) is 0 Å². The molecule has 0 saturated heterocycles. The highest BCUT2D eigenvalue weighted by atomic mass is 35.5. The van der Waals surface area contributed by atoms with E-state index >= 15 is 0 Å². The lowest BCUT2D eigenvalue weighted by Crippen LogP contribution is -2.42. The fraction of sp³-hybridized carbons (Fsp3) is 0.412. The summed E-state index contributed by atoms with van der Waals surface area (Å²) < 4.78 is 15.7. The number of nitrogens with two attached hydrogens (primary N) is 1. The number of nitrogens with zero attached hydrogens (tertiary/aromatic N) is 2. The van der Waals surface area contributed by atoms with E-state index in [4.69, 9.17) is 5.73 Å². The van der Waals surface area contributed by atoms with Gasteiger partial charge in [0.15, 0.2) is 5.82 Å². The maximum atomic E-state index is 14.2. The summed E-state index contributed by atoms with van der Waals surface area (Å²) in [6.07, 6.45) is 6.51. The zero-order valence-electron chi connectivity index (χ0n) is 13.5. The summed E-state index contributed by atoms with van der Waals surface area (Å²) in [6, 6.07) is 6.29. The van der Waals surface area contributed by atoms with Gasteiger partial charge in [0.05, 0.1) is 5.92 Å². The van der Waals surface area contributed by atoms with Crippen molar-refractivity contribution < 1.29 is 9.18 Å².